The number of pyridine rings is 1. The van der Waals surface area contributed by atoms with Crippen LogP contribution < -0.4 is 5.73 Å². The molecule has 0 bridgehead atoms. The average Bonchev–Trinajstić information content (AvgIpc) is 2.87. The normalized spacial score (nSPS) is 10.8. The fourth-order valence-electron chi connectivity index (χ4n) is 2.05. The standard InChI is InChI=1S/C14H20N4S/c1-19-8-4-2-3-7-18-11-16-10-13(18)12-5-6-17-14(15)9-12/h5-6,9-11H,2-4,7-8H2,1H3,(H2,15,17). The molecule has 0 saturated heterocycles. The summed E-state index contributed by atoms with van der Waals surface area (Å²) >= 11 is 1.91. The molecule has 2 aromatic heterocycles. The molecule has 2 rings (SSSR count). The molecule has 0 aliphatic carbocycles. The molecule has 4 nitrogen and oxygen atoms in total. The highest BCUT2D eigenvalue weighted by molar-refractivity contribution is 7.98. The number of nitrogen functional groups attached to an aromatic ring is 1. The first-order valence-electron chi connectivity index (χ1n) is 6.52. The second kappa shape index (κ2) is 7.19. The van der Waals surface area contributed by atoms with Crippen LogP contribution in [-0.4, -0.2) is 26.5 Å². The van der Waals surface area contributed by atoms with Crippen molar-refractivity contribution in [3.8, 4) is 11.3 Å². The van der Waals surface area contributed by atoms with Gasteiger partial charge >= 0.3 is 0 Å². The van der Waals surface area contributed by atoms with Crippen LogP contribution in [0.1, 0.15) is 19.3 Å². The van der Waals surface area contributed by atoms with Crippen molar-refractivity contribution in [3.63, 3.8) is 0 Å². The van der Waals surface area contributed by atoms with Crippen molar-refractivity contribution < 1.29 is 0 Å². The molecule has 2 N–H and O–H groups in total. The van der Waals surface area contributed by atoms with Gasteiger partial charge in [-0.3, -0.25) is 0 Å². The predicted octanol–water partition coefficient (Wildman–Crippen LogP) is 3.06. The van der Waals surface area contributed by atoms with Gasteiger partial charge in [-0.2, -0.15) is 11.8 Å². The largest absolute Gasteiger partial charge is 0.384 e. The highest BCUT2D eigenvalue weighted by atomic mass is 32.2. The lowest BCUT2D eigenvalue weighted by Crippen LogP contribution is -2.00. The lowest BCUT2D eigenvalue weighted by atomic mass is 10.2. The van der Waals surface area contributed by atoms with Gasteiger partial charge in [0.15, 0.2) is 0 Å². The molecule has 2 heterocycles. The Bertz CT molecular complexity index is 510. The number of hydrogen-bond acceptors (Lipinski definition) is 4. The summed E-state index contributed by atoms with van der Waals surface area (Å²) in [5, 5.41) is 0. The number of imidazole rings is 1. The van der Waals surface area contributed by atoms with Gasteiger partial charge in [-0.05, 0) is 37.0 Å². The minimum atomic E-state index is 0.547. The lowest BCUT2D eigenvalue weighted by Gasteiger charge is -2.08. The maximum absolute atomic E-state index is 5.73. The molecule has 0 atom stereocenters. The highest BCUT2D eigenvalue weighted by Gasteiger charge is 2.05. The van der Waals surface area contributed by atoms with E-state index in [9.17, 15) is 0 Å². The van der Waals surface area contributed by atoms with Crippen LogP contribution in [0.3, 0.4) is 0 Å². The molecular formula is C14H20N4S. The van der Waals surface area contributed by atoms with E-state index in [1.807, 2.05) is 36.4 Å². The Kier molecular flexibility index (Phi) is 5.27. The molecule has 2 aromatic rings. The van der Waals surface area contributed by atoms with Crippen molar-refractivity contribution in [3.05, 3.63) is 30.9 Å². The quantitative estimate of drug-likeness (QED) is 0.790. The van der Waals surface area contributed by atoms with Crippen molar-refractivity contribution in [2.24, 2.45) is 0 Å². The summed E-state index contributed by atoms with van der Waals surface area (Å²) in [7, 11) is 0. The van der Waals surface area contributed by atoms with E-state index in [2.05, 4.69) is 20.8 Å². The molecule has 0 aliphatic rings. The molecule has 0 saturated carbocycles. The summed E-state index contributed by atoms with van der Waals surface area (Å²) in [6.07, 6.45) is 11.4. The second-order valence-electron chi connectivity index (χ2n) is 4.50. The third-order valence-electron chi connectivity index (χ3n) is 3.04. The van der Waals surface area contributed by atoms with Gasteiger partial charge in [-0.1, -0.05) is 6.42 Å². The van der Waals surface area contributed by atoms with Gasteiger partial charge in [-0.25, -0.2) is 9.97 Å². The van der Waals surface area contributed by atoms with Crippen molar-refractivity contribution in [2.45, 2.75) is 25.8 Å². The number of rotatable bonds is 7. The van der Waals surface area contributed by atoms with E-state index in [1.54, 1.807) is 6.20 Å². The third-order valence-corrected chi connectivity index (χ3v) is 3.73. The van der Waals surface area contributed by atoms with Gasteiger partial charge in [0.05, 0.1) is 18.2 Å². The smallest absolute Gasteiger partial charge is 0.123 e. The minimum absolute atomic E-state index is 0.547. The van der Waals surface area contributed by atoms with Crippen LogP contribution in [0.25, 0.3) is 11.3 Å². The molecular weight excluding hydrogens is 256 g/mol. The van der Waals surface area contributed by atoms with Crippen LogP contribution in [0.4, 0.5) is 5.82 Å². The number of nitrogens with zero attached hydrogens (tertiary/aromatic N) is 3. The maximum atomic E-state index is 5.73. The van der Waals surface area contributed by atoms with Crippen LogP contribution in [0, 0.1) is 0 Å². The van der Waals surface area contributed by atoms with E-state index in [1.165, 1.54) is 25.0 Å². The lowest BCUT2D eigenvalue weighted by molar-refractivity contribution is 0.608. The van der Waals surface area contributed by atoms with E-state index in [4.69, 9.17) is 5.73 Å². The highest BCUT2D eigenvalue weighted by Crippen LogP contribution is 2.20. The van der Waals surface area contributed by atoms with E-state index >= 15 is 0 Å². The number of aromatic nitrogens is 3. The summed E-state index contributed by atoms with van der Waals surface area (Å²) in [6.45, 7) is 1.01. The molecule has 0 amide bonds. The van der Waals surface area contributed by atoms with Gasteiger partial charge in [0.2, 0.25) is 0 Å². The Balaban J connectivity index is 1.98. The van der Waals surface area contributed by atoms with Gasteiger partial charge in [0.1, 0.15) is 5.82 Å². The van der Waals surface area contributed by atoms with E-state index < -0.39 is 0 Å². The van der Waals surface area contributed by atoms with E-state index in [0.29, 0.717) is 5.82 Å². The predicted molar refractivity (Wildman–Crippen MR) is 82.1 cm³/mol. The van der Waals surface area contributed by atoms with Gasteiger partial charge in [0.25, 0.3) is 0 Å². The van der Waals surface area contributed by atoms with Crippen LogP contribution in [0.2, 0.25) is 0 Å². The Hall–Kier alpha value is -1.49. The minimum Gasteiger partial charge on any atom is -0.384 e. The summed E-state index contributed by atoms with van der Waals surface area (Å²) in [4.78, 5) is 8.26. The van der Waals surface area contributed by atoms with Crippen molar-refractivity contribution in [1.29, 1.82) is 0 Å². The van der Waals surface area contributed by atoms with Crippen LogP contribution in [0.15, 0.2) is 30.9 Å². The van der Waals surface area contributed by atoms with E-state index in [0.717, 1.165) is 17.8 Å². The summed E-state index contributed by atoms with van der Waals surface area (Å²) in [5.74, 6) is 1.79. The molecule has 19 heavy (non-hydrogen) atoms. The van der Waals surface area contributed by atoms with Gasteiger partial charge in [0, 0.05) is 18.3 Å². The average molecular weight is 276 g/mol. The summed E-state index contributed by atoms with van der Waals surface area (Å²) < 4.78 is 2.19. The Morgan fingerprint density at radius 2 is 2.21 bits per heavy atom. The van der Waals surface area contributed by atoms with E-state index in [-0.39, 0.29) is 0 Å². The zero-order chi connectivity index (χ0) is 13.5. The number of thioether (sulfide) groups is 1. The fourth-order valence-corrected chi connectivity index (χ4v) is 2.55. The molecule has 0 radical (unpaired) electrons. The number of unbranched alkanes of at least 4 members (excludes halogenated alkanes) is 2. The first-order valence-corrected chi connectivity index (χ1v) is 7.91. The number of nitrogens with two attached hydrogens (primary N) is 1. The molecule has 0 fully saturated rings. The van der Waals surface area contributed by atoms with Crippen LogP contribution >= 0.6 is 11.8 Å². The summed E-state index contributed by atoms with van der Waals surface area (Å²) in [6, 6.07) is 3.86. The zero-order valence-electron chi connectivity index (χ0n) is 11.2. The first kappa shape index (κ1) is 13.9. The van der Waals surface area contributed by atoms with Gasteiger partial charge < -0.3 is 10.3 Å². The number of anilines is 1. The molecule has 0 spiro atoms. The molecule has 0 aliphatic heterocycles. The van der Waals surface area contributed by atoms with Crippen LogP contribution in [-0.2, 0) is 6.54 Å². The third kappa shape index (κ3) is 3.99. The summed E-state index contributed by atoms with van der Waals surface area (Å²) in [5.41, 5.74) is 7.91. The second-order valence-corrected chi connectivity index (χ2v) is 5.48. The van der Waals surface area contributed by atoms with Crippen LogP contribution in [0.5, 0.6) is 0 Å². The first-order chi connectivity index (χ1) is 9.31. The van der Waals surface area contributed by atoms with Crippen molar-refractivity contribution in [1.82, 2.24) is 14.5 Å². The zero-order valence-corrected chi connectivity index (χ0v) is 12.1. The monoisotopic (exact) mass is 276 g/mol. The van der Waals surface area contributed by atoms with Crippen molar-refractivity contribution >= 4 is 17.6 Å². The maximum Gasteiger partial charge on any atom is 0.123 e. The number of aryl methyl sites for hydroxylation is 1. The molecule has 0 aromatic carbocycles. The van der Waals surface area contributed by atoms with Crippen molar-refractivity contribution in [2.75, 3.05) is 17.7 Å². The Labute approximate surface area is 118 Å². The molecule has 5 heteroatoms. The topological polar surface area (TPSA) is 56.7 Å². The Morgan fingerprint density at radius 1 is 1.32 bits per heavy atom. The molecule has 102 valence electrons. The SMILES string of the molecule is CSCCCCCn1cncc1-c1ccnc(N)c1. The van der Waals surface area contributed by atoms with Gasteiger partial charge in [-0.15, -0.1) is 0 Å². The molecule has 0 unspecified atom stereocenters. The Morgan fingerprint density at radius 3 is 3.00 bits per heavy atom. The fraction of sp³-hybridized carbons (Fsp3) is 0.429. The number of hydrogen-bond donors (Lipinski definition) is 1.